The zero-order valence-electron chi connectivity index (χ0n) is 7.74. The Balaban J connectivity index is 2.74. The third-order valence-corrected chi connectivity index (χ3v) is 3.55. The fourth-order valence-corrected chi connectivity index (χ4v) is 2.61. The summed E-state index contributed by atoms with van der Waals surface area (Å²) in [6.45, 7) is 2.07. The molecule has 2 rings (SSSR count). The molecule has 3 heteroatoms. The average molecular weight is 203 g/mol. The summed E-state index contributed by atoms with van der Waals surface area (Å²) < 4.78 is 1.07. The second kappa shape index (κ2) is 3.41. The molecule has 2 nitrogen and oxygen atoms in total. The van der Waals surface area contributed by atoms with Crippen LogP contribution in [0.5, 0.6) is 0 Å². The number of aryl methyl sites for hydroxylation is 1. The predicted molar refractivity (Wildman–Crippen MR) is 57.2 cm³/mol. The summed E-state index contributed by atoms with van der Waals surface area (Å²) in [6, 6.07) is 7.73. The van der Waals surface area contributed by atoms with Gasteiger partial charge in [-0.3, -0.25) is 0 Å². The number of nitriles is 1. The van der Waals surface area contributed by atoms with Crippen molar-refractivity contribution in [2.75, 3.05) is 0 Å². The van der Waals surface area contributed by atoms with E-state index in [1.54, 1.807) is 11.3 Å². The molecule has 1 aromatic carbocycles. The molecule has 0 atom stereocenters. The first kappa shape index (κ1) is 9.20. The van der Waals surface area contributed by atoms with E-state index in [-0.39, 0.29) is 6.61 Å². The van der Waals surface area contributed by atoms with Gasteiger partial charge >= 0.3 is 0 Å². The average Bonchev–Trinajstić information content (AvgIpc) is 2.55. The van der Waals surface area contributed by atoms with Crippen LogP contribution >= 0.6 is 11.3 Å². The Bertz CT molecular complexity index is 522. The van der Waals surface area contributed by atoms with Crippen LogP contribution in [-0.2, 0) is 6.61 Å². The molecule has 0 aliphatic heterocycles. The van der Waals surface area contributed by atoms with Gasteiger partial charge in [-0.15, -0.1) is 11.3 Å². The Hall–Kier alpha value is -1.37. The highest BCUT2D eigenvalue weighted by molar-refractivity contribution is 7.19. The SMILES string of the molecule is Cc1c(CO)sc2cc(C#N)ccc12. The Morgan fingerprint density at radius 3 is 2.93 bits per heavy atom. The fraction of sp³-hybridized carbons (Fsp3) is 0.182. The van der Waals surface area contributed by atoms with Crippen molar-refractivity contribution in [1.29, 1.82) is 5.26 Å². The van der Waals surface area contributed by atoms with Gasteiger partial charge in [0.05, 0.1) is 18.2 Å². The summed E-state index contributed by atoms with van der Waals surface area (Å²) in [5.41, 5.74) is 1.79. The molecule has 0 fully saturated rings. The van der Waals surface area contributed by atoms with Crippen LogP contribution in [0.1, 0.15) is 16.0 Å². The quantitative estimate of drug-likeness (QED) is 0.774. The topological polar surface area (TPSA) is 44.0 Å². The maximum absolute atomic E-state index is 9.09. The molecule has 0 saturated carbocycles. The lowest BCUT2D eigenvalue weighted by Crippen LogP contribution is -1.79. The van der Waals surface area contributed by atoms with Crippen LogP contribution in [0.4, 0.5) is 0 Å². The minimum atomic E-state index is 0.0765. The lowest BCUT2D eigenvalue weighted by molar-refractivity contribution is 0.285. The Kier molecular flexibility index (Phi) is 2.24. The van der Waals surface area contributed by atoms with Gasteiger partial charge < -0.3 is 5.11 Å². The fourth-order valence-electron chi connectivity index (χ4n) is 1.50. The van der Waals surface area contributed by atoms with Crippen LogP contribution < -0.4 is 0 Å². The number of rotatable bonds is 1. The molecule has 0 saturated heterocycles. The third-order valence-electron chi connectivity index (χ3n) is 2.31. The van der Waals surface area contributed by atoms with Gasteiger partial charge in [0.1, 0.15) is 0 Å². The number of aliphatic hydroxyl groups excluding tert-OH is 1. The van der Waals surface area contributed by atoms with Crippen molar-refractivity contribution in [2.24, 2.45) is 0 Å². The molecule has 0 radical (unpaired) electrons. The van der Waals surface area contributed by atoms with Gasteiger partial charge in [-0.1, -0.05) is 6.07 Å². The third kappa shape index (κ3) is 1.29. The summed E-state index contributed by atoms with van der Waals surface area (Å²) in [5, 5.41) is 19.0. The molecule has 0 bridgehead atoms. The molecular weight excluding hydrogens is 194 g/mol. The van der Waals surface area contributed by atoms with E-state index in [0.717, 1.165) is 20.5 Å². The van der Waals surface area contributed by atoms with Crippen LogP contribution in [0.3, 0.4) is 0 Å². The highest BCUT2D eigenvalue weighted by atomic mass is 32.1. The van der Waals surface area contributed by atoms with E-state index in [1.807, 2.05) is 25.1 Å². The van der Waals surface area contributed by atoms with Gasteiger partial charge in [0.15, 0.2) is 0 Å². The second-order valence-electron chi connectivity index (χ2n) is 3.13. The Morgan fingerprint density at radius 1 is 1.50 bits per heavy atom. The summed E-state index contributed by atoms with van der Waals surface area (Å²) in [4.78, 5) is 0.982. The number of thiophene rings is 1. The van der Waals surface area contributed by atoms with Crippen molar-refractivity contribution in [3.63, 3.8) is 0 Å². The summed E-state index contributed by atoms with van der Waals surface area (Å²) >= 11 is 1.55. The van der Waals surface area contributed by atoms with Crippen LogP contribution in [0, 0.1) is 18.3 Å². The van der Waals surface area contributed by atoms with E-state index in [1.165, 1.54) is 0 Å². The maximum atomic E-state index is 9.09. The van der Waals surface area contributed by atoms with Crippen molar-refractivity contribution < 1.29 is 5.11 Å². The number of benzene rings is 1. The van der Waals surface area contributed by atoms with Crippen molar-refractivity contribution in [3.05, 3.63) is 34.2 Å². The molecule has 1 N–H and O–H groups in total. The normalized spacial score (nSPS) is 10.4. The molecule has 1 heterocycles. The standard InChI is InChI=1S/C11H9NOS/c1-7-9-3-2-8(5-12)4-10(9)14-11(7)6-13/h2-4,13H,6H2,1H3. The molecule has 2 aromatic rings. The number of hydrogen-bond donors (Lipinski definition) is 1. The van der Waals surface area contributed by atoms with Crippen molar-refractivity contribution in [1.82, 2.24) is 0 Å². The highest BCUT2D eigenvalue weighted by Gasteiger charge is 2.07. The predicted octanol–water partition coefficient (Wildman–Crippen LogP) is 2.57. The lowest BCUT2D eigenvalue weighted by Gasteiger charge is -1.92. The number of nitrogens with zero attached hydrogens (tertiary/aromatic N) is 1. The van der Waals surface area contributed by atoms with Crippen molar-refractivity contribution in [2.45, 2.75) is 13.5 Å². The molecule has 1 aromatic heterocycles. The minimum absolute atomic E-state index is 0.0765. The van der Waals surface area contributed by atoms with E-state index in [4.69, 9.17) is 10.4 Å². The van der Waals surface area contributed by atoms with Gasteiger partial charge in [-0.2, -0.15) is 5.26 Å². The number of hydrogen-bond acceptors (Lipinski definition) is 3. The summed E-state index contributed by atoms with van der Waals surface area (Å²) in [7, 11) is 0. The van der Waals surface area contributed by atoms with Gasteiger partial charge in [-0.05, 0) is 30.0 Å². The van der Waals surface area contributed by atoms with E-state index in [9.17, 15) is 0 Å². The maximum Gasteiger partial charge on any atom is 0.0992 e. The highest BCUT2D eigenvalue weighted by Crippen LogP contribution is 2.31. The van der Waals surface area contributed by atoms with Crippen molar-refractivity contribution in [3.8, 4) is 6.07 Å². The van der Waals surface area contributed by atoms with Gasteiger partial charge in [0, 0.05) is 9.58 Å². The molecule has 14 heavy (non-hydrogen) atoms. The number of aliphatic hydroxyl groups is 1. The monoisotopic (exact) mass is 203 g/mol. The van der Waals surface area contributed by atoms with Crippen LogP contribution in [-0.4, -0.2) is 5.11 Å². The van der Waals surface area contributed by atoms with Gasteiger partial charge in [0.2, 0.25) is 0 Å². The van der Waals surface area contributed by atoms with E-state index in [0.29, 0.717) is 5.56 Å². The first-order valence-corrected chi connectivity index (χ1v) is 5.11. The van der Waals surface area contributed by atoms with E-state index in [2.05, 4.69) is 6.07 Å². The molecule has 0 amide bonds. The van der Waals surface area contributed by atoms with Crippen molar-refractivity contribution >= 4 is 21.4 Å². The summed E-state index contributed by atoms with van der Waals surface area (Å²) in [6.07, 6.45) is 0. The lowest BCUT2D eigenvalue weighted by atomic mass is 10.1. The molecule has 0 spiro atoms. The summed E-state index contributed by atoms with van der Waals surface area (Å²) in [5.74, 6) is 0. The van der Waals surface area contributed by atoms with E-state index < -0.39 is 0 Å². The van der Waals surface area contributed by atoms with Crippen LogP contribution in [0.15, 0.2) is 18.2 Å². The van der Waals surface area contributed by atoms with Gasteiger partial charge in [0.25, 0.3) is 0 Å². The van der Waals surface area contributed by atoms with Crippen LogP contribution in [0.25, 0.3) is 10.1 Å². The molecule has 70 valence electrons. The van der Waals surface area contributed by atoms with Crippen LogP contribution in [0.2, 0.25) is 0 Å². The Morgan fingerprint density at radius 2 is 2.29 bits per heavy atom. The molecular formula is C11H9NOS. The largest absolute Gasteiger partial charge is 0.391 e. The zero-order chi connectivity index (χ0) is 10.1. The number of fused-ring (bicyclic) bond motifs is 1. The molecule has 0 aliphatic rings. The smallest absolute Gasteiger partial charge is 0.0992 e. The Labute approximate surface area is 86.0 Å². The first-order valence-electron chi connectivity index (χ1n) is 4.29. The second-order valence-corrected chi connectivity index (χ2v) is 4.27. The molecule has 0 unspecified atom stereocenters. The molecule has 0 aliphatic carbocycles. The minimum Gasteiger partial charge on any atom is -0.391 e. The van der Waals surface area contributed by atoms with Gasteiger partial charge in [-0.25, -0.2) is 0 Å². The zero-order valence-corrected chi connectivity index (χ0v) is 8.56. The van der Waals surface area contributed by atoms with E-state index >= 15 is 0 Å². The first-order chi connectivity index (χ1) is 6.76.